The highest BCUT2D eigenvalue weighted by atomic mass is 32.2. The first kappa shape index (κ1) is 22.9. The van der Waals surface area contributed by atoms with Crippen LogP contribution in [0.2, 0.25) is 0 Å². The Morgan fingerprint density at radius 1 is 0.886 bits per heavy atom. The molecule has 0 unspecified atom stereocenters. The fourth-order valence-corrected chi connectivity index (χ4v) is 5.44. The molecule has 1 aliphatic rings. The van der Waals surface area contributed by atoms with Gasteiger partial charge in [0.05, 0.1) is 4.90 Å². The standard InChI is InChI=1S/C29H22FNO3S/c30-26-14-7-9-19(28(26)35-27-15-6-1-8-20(27)17-32)16-31-29(33)34-18-25-23-12-4-2-10-21(23)22-11-3-5-13-24(22)25/h1-15,17,25H,16,18H2,(H,31,33). The van der Waals surface area contributed by atoms with Gasteiger partial charge in [-0.1, -0.05) is 90.6 Å². The summed E-state index contributed by atoms with van der Waals surface area (Å²) in [5.41, 5.74) is 5.68. The minimum Gasteiger partial charge on any atom is -0.449 e. The summed E-state index contributed by atoms with van der Waals surface area (Å²) >= 11 is 1.16. The molecule has 0 heterocycles. The van der Waals surface area contributed by atoms with Crippen molar-refractivity contribution < 1.29 is 18.7 Å². The first-order valence-electron chi connectivity index (χ1n) is 11.2. The van der Waals surface area contributed by atoms with Gasteiger partial charge >= 0.3 is 6.09 Å². The van der Waals surface area contributed by atoms with E-state index in [-0.39, 0.29) is 19.1 Å². The molecule has 1 amide bonds. The Kier molecular flexibility index (Phi) is 6.64. The van der Waals surface area contributed by atoms with E-state index in [0.29, 0.717) is 20.9 Å². The first-order chi connectivity index (χ1) is 17.2. The maximum absolute atomic E-state index is 14.7. The Hall–Kier alpha value is -3.90. The predicted octanol–water partition coefficient (Wildman–Crippen LogP) is 6.83. The van der Waals surface area contributed by atoms with Gasteiger partial charge in [0, 0.05) is 22.9 Å². The van der Waals surface area contributed by atoms with Crippen LogP contribution in [-0.2, 0) is 11.3 Å². The second-order valence-corrected chi connectivity index (χ2v) is 9.22. The van der Waals surface area contributed by atoms with E-state index in [9.17, 15) is 14.0 Å². The number of hydrogen-bond donors (Lipinski definition) is 1. The Morgan fingerprint density at radius 3 is 2.26 bits per heavy atom. The third kappa shape index (κ3) is 4.70. The molecule has 0 atom stereocenters. The lowest BCUT2D eigenvalue weighted by molar-refractivity contribution is 0.112. The molecule has 0 saturated heterocycles. The number of fused-ring (bicyclic) bond motifs is 3. The van der Waals surface area contributed by atoms with Gasteiger partial charge in [-0.25, -0.2) is 9.18 Å². The number of nitrogens with one attached hydrogen (secondary N) is 1. The average molecular weight is 484 g/mol. The number of carbonyl (C=O) groups is 2. The van der Waals surface area contributed by atoms with Gasteiger partial charge in [-0.2, -0.15) is 0 Å². The molecule has 0 radical (unpaired) electrons. The number of benzene rings is 4. The van der Waals surface area contributed by atoms with Crippen LogP contribution in [-0.4, -0.2) is 19.0 Å². The molecule has 0 aliphatic heterocycles. The molecular weight excluding hydrogens is 461 g/mol. The van der Waals surface area contributed by atoms with Crippen molar-refractivity contribution in [1.29, 1.82) is 0 Å². The number of ether oxygens (including phenoxy) is 1. The van der Waals surface area contributed by atoms with E-state index in [4.69, 9.17) is 4.74 Å². The predicted molar refractivity (Wildman–Crippen MR) is 134 cm³/mol. The van der Waals surface area contributed by atoms with Crippen molar-refractivity contribution in [1.82, 2.24) is 5.32 Å². The molecule has 6 heteroatoms. The van der Waals surface area contributed by atoms with Crippen molar-refractivity contribution in [2.75, 3.05) is 6.61 Å². The lowest BCUT2D eigenvalue weighted by Crippen LogP contribution is -2.26. The summed E-state index contributed by atoms with van der Waals surface area (Å²) in [6.07, 6.45) is 0.179. The molecule has 1 aliphatic carbocycles. The summed E-state index contributed by atoms with van der Waals surface area (Å²) < 4.78 is 20.3. The third-order valence-electron chi connectivity index (χ3n) is 6.07. The van der Waals surface area contributed by atoms with Gasteiger partial charge in [0.2, 0.25) is 0 Å². The number of carbonyl (C=O) groups excluding carboxylic acids is 2. The number of halogens is 1. The molecule has 35 heavy (non-hydrogen) atoms. The molecule has 4 nitrogen and oxygen atoms in total. The van der Waals surface area contributed by atoms with E-state index < -0.39 is 11.9 Å². The van der Waals surface area contributed by atoms with Gasteiger partial charge in [-0.3, -0.25) is 4.79 Å². The third-order valence-corrected chi connectivity index (χ3v) is 7.33. The summed E-state index contributed by atoms with van der Waals surface area (Å²) in [6, 6.07) is 28.0. The lowest BCUT2D eigenvalue weighted by atomic mass is 9.98. The van der Waals surface area contributed by atoms with Gasteiger partial charge in [-0.05, 0) is 39.9 Å². The van der Waals surface area contributed by atoms with Crippen LogP contribution in [0, 0.1) is 5.82 Å². The maximum Gasteiger partial charge on any atom is 0.407 e. The number of amides is 1. The molecular formula is C29H22FNO3S. The first-order valence-corrected chi connectivity index (χ1v) is 12.1. The van der Waals surface area contributed by atoms with E-state index in [2.05, 4.69) is 29.6 Å². The number of aldehydes is 1. The van der Waals surface area contributed by atoms with Gasteiger partial charge in [0.15, 0.2) is 6.29 Å². The van der Waals surface area contributed by atoms with Crippen LogP contribution in [0.25, 0.3) is 11.1 Å². The molecule has 1 N–H and O–H groups in total. The number of rotatable bonds is 7. The van der Waals surface area contributed by atoms with E-state index in [1.807, 2.05) is 24.3 Å². The molecule has 0 bridgehead atoms. The molecule has 4 aromatic carbocycles. The van der Waals surface area contributed by atoms with Gasteiger partial charge in [0.25, 0.3) is 0 Å². The zero-order chi connectivity index (χ0) is 24.2. The largest absolute Gasteiger partial charge is 0.449 e. The van der Waals surface area contributed by atoms with Crippen LogP contribution in [0.5, 0.6) is 0 Å². The van der Waals surface area contributed by atoms with Crippen molar-refractivity contribution >= 4 is 24.1 Å². The highest BCUT2D eigenvalue weighted by Crippen LogP contribution is 2.44. The zero-order valence-corrected chi connectivity index (χ0v) is 19.6. The van der Waals surface area contributed by atoms with Crippen LogP contribution in [0.1, 0.15) is 33.0 Å². The molecule has 4 aromatic rings. The van der Waals surface area contributed by atoms with E-state index >= 15 is 0 Å². The smallest absolute Gasteiger partial charge is 0.407 e. The fourth-order valence-electron chi connectivity index (χ4n) is 4.40. The second kappa shape index (κ2) is 10.2. The van der Waals surface area contributed by atoms with Gasteiger partial charge in [0.1, 0.15) is 12.4 Å². The van der Waals surface area contributed by atoms with Crippen LogP contribution in [0.3, 0.4) is 0 Å². The Morgan fingerprint density at radius 2 is 1.54 bits per heavy atom. The molecule has 174 valence electrons. The van der Waals surface area contributed by atoms with E-state index in [0.717, 1.165) is 40.3 Å². The van der Waals surface area contributed by atoms with E-state index in [1.165, 1.54) is 6.07 Å². The molecule has 0 saturated carbocycles. The highest BCUT2D eigenvalue weighted by molar-refractivity contribution is 7.99. The summed E-state index contributed by atoms with van der Waals surface area (Å²) in [4.78, 5) is 24.9. The van der Waals surface area contributed by atoms with Gasteiger partial charge in [-0.15, -0.1) is 0 Å². The molecule has 0 spiro atoms. The SMILES string of the molecule is O=Cc1ccccc1Sc1c(F)cccc1CNC(=O)OCC1c2ccccc2-c2ccccc21. The number of alkyl carbamates (subject to hydrolysis) is 1. The summed E-state index contributed by atoms with van der Waals surface area (Å²) in [6.45, 7) is 0.303. The molecule has 0 aromatic heterocycles. The van der Waals surface area contributed by atoms with Crippen LogP contribution >= 0.6 is 11.8 Å². The Labute approximate surface area is 207 Å². The summed E-state index contributed by atoms with van der Waals surface area (Å²) in [7, 11) is 0. The topological polar surface area (TPSA) is 55.4 Å². The van der Waals surface area contributed by atoms with Crippen LogP contribution in [0.15, 0.2) is 101 Å². The Bertz CT molecular complexity index is 1360. The van der Waals surface area contributed by atoms with Crippen molar-refractivity contribution in [3.05, 3.63) is 119 Å². The van der Waals surface area contributed by atoms with Crippen molar-refractivity contribution in [3.63, 3.8) is 0 Å². The highest BCUT2D eigenvalue weighted by Gasteiger charge is 2.29. The minimum atomic E-state index is -0.569. The normalized spacial score (nSPS) is 12.0. The second-order valence-electron chi connectivity index (χ2n) is 8.16. The number of hydrogen-bond acceptors (Lipinski definition) is 4. The fraction of sp³-hybridized carbons (Fsp3) is 0.103. The van der Waals surface area contributed by atoms with Crippen LogP contribution < -0.4 is 5.32 Å². The quantitative estimate of drug-likeness (QED) is 0.293. The van der Waals surface area contributed by atoms with Crippen molar-refractivity contribution in [3.8, 4) is 11.1 Å². The average Bonchev–Trinajstić information content (AvgIpc) is 3.21. The summed E-state index contributed by atoms with van der Waals surface area (Å²) in [5, 5.41) is 2.74. The van der Waals surface area contributed by atoms with Crippen LogP contribution in [0.4, 0.5) is 9.18 Å². The van der Waals surface area contributed by atoms with Crippen molar-refractivity contribution in [2.45, 2.75) is 22.3 Å². The molecule has 0 fully saturated rings. The molecule has 5 rings (SSSR count). The van der Waals surface area contributed by atoms with Crippen molar-refractivity contribution in [2.24, 2.45) is 0 Å². The van der Waals surface area contributed by atoms with E-state index in [1.54, 1.807) is 36.4 Å². The summed E-state index contributed by atoms with van der Waals surface area (Å²) in [5.74, 6) is -0.448. The lowest BCUT2D eigenvalue weighted by Gasteiger charge is -2.15. The zero-order valence-electron chi connectivity index (χ0n) is 18.7. The monoisotopic (exact) mass is 483 g/mol. The Balaban J connectivity index is 1.26. The minimum absolute atomic E-state index is 0.0340. The maximum atomic E-state index is 14.7. The van der Waals surface area contributed by atoms with Gasteiger partial charge < -0.3 is 10.1 Å².